The molecule has 0 aliphatic rings. The van der Waals surface area contributed by atoms with E-state index in [0.717, 1.165) is 0 Å². The van der Waals surface area contributed by atoms with E-state index in [9.17, 15) is 24.6 Å². The number of carbonyl (C=O) groups is 1. The monoisotopic (exact) mass is 525 g/mol. The molecule has 34 heavy (non-hydrogen) atoms. The number of methoxy groups -OCH3 is 1. The summed E-state index contributed by atoms with van der Waals surface area (Å²) in [6, 6.07) is 16.4. The highest BCUT2D eigenvalue weighted by Crippen LogP contribution is 2.38. The summed E-state index contributed by atoms with van der Waals surface area (Å²) in [5.74, 6) is -0.415. The van der Waals surface area contributed by atoms with Gasteiger partial charge in [0, 0.05) is 17.8 Å². The molecular formula is C24H17BrFN3O5. The number of nitrogens with one attached hydrogen (secondary N) is 1. The topological polar surface area (TPSA) is 114 Å². The number of amides is 1. The second kappa shape index (κ2) is 11.1. The first kappa shape index (κ1) is 24.4. The second-order valence-corrected chi connectivity index (χ2v) is 7.74. The third-order valence-electron chi connectivity index (χ3n) is 4.51. The van der Waals surface area contributed by atoms with E-state index in [2.05, 4.69) is 21.2 Å². The molecule has 0 radical (unpaired) electrons. The van der Waals surface area contributed by atoms with Crippen molar-refractivity contribution in [3.63, 3.8) is 0 Å². The van der Waals surface area contributed by atoms with Gasteiger partial charge >= 0.3 is 0 Å². The summed E-state index contributed by atoms with van der Waals surface area (Å²) in [6.07, 6.45) is 1.34. The molecule has 10 heteroatoms. The van der Waals surface area contributed by atoms with Gasteiger partial charge in [-0.1, -0.05) is 18.2 Å². The Balaban J connectivity index is 1.82. The molecule has 0 bridgehead atoms. The molecule has 1 amide bonds. The molecule has 172 valence electrons. The molecule has 0 unspecified atom stereocenters. The van der Waals surface area contributed by atoms with Gasteiger partial charge in [-0.25, -0.2) is 4.39 Å². The van der Waals surface area contributed by atoms with Crippen LogP contribution >= 0.6 is 15.9 Å². The molecule has 0 saturated heterocycles. The minimum Gasteiger partial charge on any atom is -0.493 e. The molecule has 0 aliphatic heterocycles. The van der Waals surface area contributed by atoms with Crippen molar-refractivity contribution < 1.29 is 23.6 Å². The van der Waals surface area contributed by atoms with Crippen LogP contribution < -0.4 is 14.8 Å². The maximum atomic E-state index is 13.4. The smallest absolute Gasteiger partial charge is 0.271 e. The predicted molar refractivity (Wildman–Crippen MR) is 127 cm³/mol. The van der Waals surface area contributed by atoms with E-state index < -0.39 is 10.8 Å². The van der Waals surface area contributed by atoms with Crippen molar-refractivity contribution in [1.82, 2.24) is 0 Å². The molecule has 0 fully saturated rings. The number of nitrogens with zero attached hydrogens (tertiary/aromatic N) is 2. The summed E-state index contributed by atoms with van der Waals surface area (Å²) >= 11 is 3.40. The van der Waals surface area contributed by atoms with Gasteiger partial charge in [0.2, 0.25) is 0 Å². The Morgan fingerprint density at radius 1 is 1.24 bits per heavy atom. The van der Waals surface area contributed by atoms with Crippen molar-refractivity contribution in [2.75, 3.05) is 12.4 Å². The third kappa shape index (κ3) is 6.17. The van der Waals surface area contributed by atoms with Crippen molar-refractivity contribution in [3.05, 3.63) is 97.8 Å². The normalized spacial score (nSPS) is 10.8. The number of rotatable bonds is 8. The average molecular weight is 526 g/mol. The highest BCUT2D eigenvalue weighted by atomic mass is 79.9. The van der Waals surface area contributed by atoms with Crippen LogP contribution in [0.2, 0.25) is 0 Å². The summed E-state index contributed by atoms with van der Waals surface area (Å²) in [5.41, 5.74) is 0.854. The Morgan fingerprint density at radius 2 is 2.00 bits per heavy atom. The van der Waals surface area contributed by atoms with Crippen molar-refractivity contribution in [3.8, 4) is 17.6 Å². The van der Waals surface area contributed by atoms with Gasteiger partial charge in [-0.05, 0) is 63.5 Å². The standard InChI is InChI=1S/C24H17BrFN3O5/c1-33-22-11-16(10-21(25)23(22)34-14-15-4-2-5-18(26)9-15)8-17(13-27)24(30)28-19-6-3-7-20(12-19)29(31)32/h2-12H,14H2,1H3,(H,28,30)/b17-8+. The summed E-state index contributed by atoms with van der Waals surface area (Å²) in [7, 11) is 1.44. The maximum absolute atomic E-state index is 13.4. The molecular weight excluding hydrogens is 509 g/mol. The van der Waals surface area contributed by atoms with Crippen LogP contribution in [0, 0.1) is 27.3 Å². The Kier molecular flexibility index (Phi) is 7.95. The first-order valence-corrected chi connectivity index (χ1v) is 10.5. The largest absolute Gasteiger partial charge is 0.493 e. The van der Waals surface area contributed by atoms with E-state index in [-0.39, 0.29) is 29.4 Å². The van der Waals surface area contributed by atoms with Gasteiger partial charge in [-0.2, -0.15) is 5.26 Å². The predicted octanol–water partition coefficient (Wildman–Crippen LogP) is 5.63. The van der Waals surface area contributed by atoms with E-state index >= 15 is 0 Å². The van der Waals surface area contributed by atoms with Gasteiger partial charge < -0.3 is 14.8 Å². The number of anilines is 1. The maximum Gasteiger partial charge on any atom is 0.271 e. The number of nitriles is 1. The molecule has 3 aromatic carbocycles. The molecule has 3 aromatic rings. The van der Waals surface area contributed by atoms with E-state index in [1.165, 1.54) is 49.6 Å². The van der Waals surface area contributed by atoms with Gasteiger partial charge in [0.15, 0.2) is 11.5 Å². The summed E-state index contributed by atoms with van der Waals surface area (Å²) in [6.45, 7) is 0.0942. The van der Waals surface area contributed by atoms with Crippen LogP contribution in [0.25, 0.3) is 6.08 Å². The van der Waals surface area contributed by atoms with E-state index in [1.807, 2.05) is 6.07 Å². The van der Waals surface area contributed by atoms with Gasteiger partial charge in [0.25, 0.3) is 11.6 Å². The molecule has 3 rings (SSSR count). The number of hydrogen-bond acceptors (Lipinski definition) is 6. The van der Waals surface area contributed by atoms with Crippen LogP contribution in [0.5, 0.6) is 11.5 Å². The zero-order chi connectivity index (χ0) is 24.7. The molecule has 8 nitrogen and oxygen atoms in total. The molecule has 0 heterocycles. The Morgan fingerprint density at radius 3 is 2.68 bits per heavy atom. The van der Waals surface area contributed by atoms with Gasteiger partial charge in [0.1, 0.15) is 24.1 Å². The fraction of sp³-hybridized carbons (Fsp3) is 0.0833. The molecule has 0 spiro atoms. The van der Waals surface area contributed by atoms with Crippen LogP contribution in [-0.4, -0.2) is 17.9 Å². The van der Waals surface area contributed by atoms with Gasteiger partial charge in [-0.3, -0.25) is 14.9 Å². The van der Waals surface area contributed by atoms with Crippen molar-refractivity contribution in [1.29, 1.82) is 5.26 Å². The highest BCUT2D eigenvalue weighted by Gasteiger charge is 2.15. The zero-order valence-corrected chi connectivity index (χ0v) is 19.3. The van der Waals surface area contributed by atoms with Crippen molar-refractivity contribution in [2.24, 2.45) is 0 Å². The lowest BCUT2D eigenvalue weighted by molar-refractivity contribution is -0.384. The summed E-state index contributed by atoms with van der Waals surface area (Å²) < 4.78 is 25.1. The number of carbonyl (C=O) groups excluding carboxylic acids is 1. The molecule has 1 N–H and O–H groups in total. The van der Waals surface area contributed by atoms with Crippen molar-refractivity contribution >= 4 is 39.3 Å². The van der Waals surface area contributed by atoms with Crippen LogP contribution in [0.15, 0.2) is 70.7 Å². The number of halogens is 2. The summed E-state index contributed by atoms with van der Waals surface area (Å²) in [5, 5.41) is 22.9. The zero-order valence-electron chi connectivity index (χ0n) is 17.7. The highest BCUT2D eigenvalue weighted by molar-refractivity contribution is 9.10. The molecule has 0 aliphatic carbocycles. The fourth-order valence-electron chi connectivity index (χ4n) is 2.96. The minimum absolute atomic E-state index is 0.0942. The fourth-order valence-corrected chi connectivity index (χ4v) is 3.53. The van der Waals surface area contributed by atoms with Gasteiger partial charge in [-0.15, -0.1) is 0 Å². The molecule has 0 aromatic heterocycles. The number of nitro benzene ring substituents is 1. The average Bonchev–Trinajstić information content (AvgIpc) is 2.81. The Hall–Kier alpha value is -4.23. The minimum atomic E-state index is -0.732. The number of ether oxygens (including phenoxy) is 2. The van der Waals surface area contributed by atoms with Crippen LogP contribution in [0.4, 0.5) is 15.8 Å². The van der Waals surface area contributed by atoms with E-state index in [0.29, 0.717) is 27.1 Å². The second-order valence-electron chi connectivity index (χ2n) is 6.88. The molecule has 0 atom stereocenters. The number of hydrogen-bond donors (Lipinski definition) is 1. The van der Waals surface area contributed by atoms with E-state index in [4.69, 9.17) is 9.47 Å². The first-order valence-electron chi connectivity index (χ1n) is 9.73. The summed E-state index contributed by atoms with van der Waals surface area (Å²) in [4.78, 5) is 22.9. The lowest BCUT2D eigenvalue weighted by atomic mass is 10.1. The lowest BCUT2D eigenvalue weighted by Gasteiger charge is -2.14. The SMILES string of the molecule is COc1cc(/C=C(\C#N)C(=O)Nc2cccc([N+](=O)[O-])c2)cc(Br)c1OCc1cccc(F)c1. The number of benzene rings is 3. The number of nitro groups is 1. The van der Waals surface area contributed by atoms with E-state index in [1.54, 1.807) is 24.3 Å². The van der Waals surface area contributed by atoms with Gasteiger partial charge in [0.05, 0.1) is 16.5 Å². The third-order valence-corrected chi connectivity index (χ3v) is 5.10. The molecule has 0 saturated carbocycles. The lowest BCUT2D eigenvalue weighted by Crippen LogP contribution is -2.13. The number of non-ortho nitro benzene ring substituents is 1. The Labute approximate surface area is 202 Å². The van der Waals surface area contributed by atoms with Crippen LogP contribution in [-0.2, 0) is 11.4 Å². The first-order chi connectivity index (χ1) is 16.3. The van der Waals surface area contributed by atoms with Crippen LogP contribution in [0.3, 0.4) is 0 Å². The van der Waals surface area contributed by atoms with Crippen LogP contribution in [0.1, 0.15) is 11.1 Å². The quantitative estimate of drug-likeness (QED) is 0.176. The van der Waals surface area contributed by atoms with Crippen molar-refractivity contribution in [2.45, 2.75) is 6.61 Å². The Bertz CT molecular complexity index is 1320.